The highest BCUT2D eigenvalue weighted by Crippen LogP contribution is 2.26. The van der Waals surface area contributed by atoms with E-state index in [4.69, 9.17) is 0 Å². The maximum Gasteiger partial charge on any atom is 0.130 e. The maximum atomic E-state index is 13.7. The monoisotopic (exact) mass is 266 g/mol. The lowest BCUT2D eigenvalue weighted by Crippen LogP contribution is -2.54. The highest BCUT2D eigenvalue weighted by molar-refractivity contribution is 5.18. The van der Waals surface area contributed by atoms with Crippen LogP contribution in [0.15, 0.2) is 18.2 Å². The van der Waals surface area contributed by atoms with E-state index in [1.807, 2.05) is 0 Å². The lowest BCUT2D eigenvalue weighted by Gasteiger charge is -2.42. The third kappa shape index (κ3) is 2.65. The van der Waals surface area contributed by atoms with E-state index in [1.165, 1.54) is 25.5 Å². The topological polar surface area (TPSA) is 6.48 Å². The molecule has 19 heavy (non-hydrogen) atoms. The van der Waals surface area contributed by atoms with Gasteiger partial charge < -0.3 is 0 Å². The molecule has 0 bridgehead atoms. The number of halogens is 2. The molecule has 3 rings (SSSR count). The Balaban J connectivity index is 1.71. The van der Waals surface area contributed by atoms with Crippen LogP contribution in [0.5, 0.6) is 0 Å². The smallest absolute Gasteiger partial charge is 0.130 e. The van der Waals surface area contributed by atoms with Crippen molar-refractivity contribution in [2.45, 2.75) is 38.4 Å². The fourth-order valence-corrected chi connectivity index (χ4v) is 3.34. The molecule has 104 valence electrons. The van der Waals surface area contributed by atoms with Crippen molar-refractivity contribution in [3.05, 3.63) is 35.4 Å². The minimum Gasteiger partial charge on any atom is -0.298 e. The Morgan fingerprint density at radius 2 is 2.11 bits per heavy atom. The third-order valence-electron chi connectivity index (χ3n) is 4.45. The molecule has 0 aliphatic carbocycles. The molecule has 0 radical (unpaired) electrons. The van der Waals surface area contributed by atoms with E-state index in [0.717, 1.165) is 19.2 Å². The predicted octanol–water partition coefficient (Wildman–Crippen LogP) is 2.63. The van der Waals surface area contributed by atoms with Crippen molar-refractivity contribution < 1.29 is 8.78 Å². The van der Waals surface area contributed by atoms with Gasteiger partial charge in [-0.25, -0.2) is 8.78 Å². The molecular formula is C15H20F2N2. The second-order valence-electron chi connectivity index (χ2n) is 5.81. The van der Waals surface area contributed by atoms with Gasteiger partial charge >= 0.3 is 0 Å². The van der Waals surface area contributed by atoms with Crippen molar-refractivity contribution in [3.8, 4) is 0 Å². The summed E-state index contributed by atoms with van der Waals surface area (Å²) >= 11 is 0. The van der Waals surface area contributed by atoms with Gasteiger partial charge in [0.2, 0.25) is 0 Å². The lowest BCUT2D eigenvalue weighted by atomic mass is 10.1. The number of benzene rings is 1. The Bertz CT molecular complexity index is 463. The van der Waals surface area contributed by atoms with Gasteiger partial charge in [-0.1, -0.05) is 6.07 Å². The summed E-state index contributed by atoms with van der Waals surface area (Å²) in [5.74, 6) is -0.934. The molecule has 1 aromatic rings. The van der Waals surface area contributed by atoms with Crippen molar-refractivity contribution in [2.75, 3.05) is 19.6 Å². The molecule has 2 atom stereocenters. The van der Waals surface area contributed by atoms with Crippen LogP contribution in [0, 0.1) is 11.6 Å². The molecule has 2 fully saturated rings. The first-order valence-corrected chi connectivity index (χ1v) is 7.05. The van der Waals surface area contributed by atoms with Crippen LogP contribution in [0.1, 0.15) is 25.3 Å². The van der Waals surface area contributed by atoms with Gasteiger partial charge in [-0.15, -0.1) is 0 Å². The van der Waals surface area contributed by atoms with E-state index in [-0.39, 0.29) is 0 Å². The van der Waals surface area contributed by atoms with Crippen molar-refractivity contribution in [1.29, 1.82) is 0 Å². The number of nitrogens with zero attached hydrogens (tertiary/aromatic N) is 2. The van der Waals surface area contributed by atoms with Gasteiger partial charge in [-0.3, -0.25) is 9.80 Å². The summed E-state index contributed by atoms with van der Waals surface area (Å²) in [5.41, 5.74) is 0.597. The average Bonchev–Trinajstić information content (AvgIpc) is 2.80. The van der Waals surface area contributed by atoms with E-state index < -0.39 is 11.6 Å². The minimum absolute atomic E-state index is 0.429. The molecule has 1 unspecified atom stereocenters. The van der Waals surface area contributed by atoms with Gasteiger partial charge in [-0.05, 0) is 32.4 Å². The van der Waals surface area contributed by atoms with Gasteiger partial charge in [0.1, 0.15) is 11.6 Å². The van der Waals surface area contributed by atoms with Crippen LogP contribution in [0.25, 0.3) is 0 Å². The largest absolute Gasteiger partial charge is 0.298 e. The SMILES string of the molecule is C[C@@H]1CN2CCCC2CN1Cc1ccc(F)cc1F. The second-order valence-corrected chi connectivity index (χ2v) is 5.81. The zero-order chi connectivity index (χ0) is 13.4. The molecule has 0 amide bonds. The third-order valence-corrected chi connectivity index (χ3v) is 4.45. The number of rotatable bonds is 2. The molecule has 2 saturated heterocycles. The maximum absolute atomic E-state index is 13.7. The van der Waals surface area contributed by atoms with Crippen LogP contribution in [-0.2, 0) is 6.54 Å². The summed E-state index contributed by atoms with van der Waals surface area (Å²) in [4.78, 5) is 4.87. The molecule has 0 aromatic heterocycles. The van der Waals surface area contributed by atoms with Crippen molar-refractivity contribution in [1.82, 2.24) is 9.80 Å². The zero-order valence-electron chi connectivity index (χ0n) is 11.3. The Kier molecular flexibility index (Phi) is 3.54. The second kappa shape index (κ2) is 5.17. The summed E-state index contributed by atoms with van der Waals surface area (Å²) < 4.78 is 26.6. The van der Waals surface area contributed by atoms with Crippen LogP contribution in [-0.4, -0.2) is 41.5 Å². The fraction of sp³-hybridized carbons (Fsp3) is 0.600. The lowest BCUT2D eigenvalue weighted by molar-refractivity contribution is 0.0533. The Morgan fingerprint density at radius 1 is 1.26 bits per heavy atom. The van der Waals surface area contributed by atoms with E-state index in [2.05, 4.69) is 16.7 Å². The zero-order valence-corrected chi connectivity index (χ0v) is 11.3. The summed E-state index contributed by atoms with van der Waals surface area (Å²) in [6.07, 6.45) is 2.52. The van der Waals surface area contributed by atoms with E-state index in [1.54, 1.807) is 6.07 Å². The van der Waals surface area contributed by atoms with E-state index in [0.29, 0.717) is 24.2 Å². The Morgan fingerprint density at radius 3 is 2.89 bits per heavy atom. The summed E-state index contributed by atoms with van der Waals surface area (Å²) in [7, 11) is 0. The molecule has 2 aliphatic heterocycles. The van der Waals surface area contributed by atoms with Gasteiger partial charge in [0.05, 0.1) is 0 Å². The number of hydrogen-bond donors (Lipinski definition) is 0. The standard InChI is InChI=1S/C15H20F2N2/c1-11-8-18-6-2-3-14(18)10-19(11)9-12-4-5-13(16)7-15(12)17/h4-5,7,11,14H,2-3,6,8-10H2,1H3/t11-,14?/m1/s1. The van der Waals surface area contributed by atoms with Crippen LogP contribution < -0.4 is 0 Å². The van der Waals surface area contributed by atoms with Crippen LogP contribution >= 0.6 is 0 Å². The average molecular weight is 266 g/mol. The van der Waals surface area contributed by atoms with Crippen molar-refractivity contribution in [3.63, 3.8) is 0 Å². The molecule has 1 aromatic carbocycles. The first-order chi connectivity index (χ1) is 9.13. The van der Waals surface area contributed by atoms with Crippen LogP contribution in [0.3, 0.4) is 0 Å². The molecule has 2 aliphatic rings. The quantitative estimate of drug-likeness (QED) is 0.812. The van der Waals surface area contributed by atoms with Gasteiger partial charge in [0.25, 0.3) is 0 Å². The molecule has 2 heterocycles. The normalized spacial score (nSPS) is 28.6. The Hall–Kier alpha value is -1.00. The van der Waals surface area contributed by atoms with Crippen LogP contribution in [0.2, 0.25) is 0 Å². The number of piperazine rings is 1. The molecular weight excluding hydrogens is 246 g/mol. The summed E-state index contributed by atoms with van der Waals surface area (Å²) in [5, 5.41) is 0. The first kappa shape index (κ1) is 13.0. The first-order valence-electron chi connectivity index (χ1n) is 7.05. The highest BCUT2D eigenvalue weighted by atomic mass is 19.1. The minimum atomic E-state index is -0.505. The summed E-state index contributed by atoms with van der Waals surface area (Å²) in [6, 6.07) is 4.94. The fourth-order valence-electron chi connectivity index (χ4n) is 3.34. The van der Waals surface area contributed by atoms with Gasteiger partial charge in [0, 0.05) is 43.3 Å². The molecule has 2 nitrogen and oxygen atoms in total. The van der Waals surface area contributed by atoms with Gasteiger partial charge in [0.15, 0.2) is 0 Å². The van der Waals surface area contributed by atoms with Crippen LogP contribution in [0.4, 0.5) is 8.78 Å². The van der Waals surface area contributed by atoms with E-state index in [9.17, 15) is 8.78 Å². The number of hydrogen-bond acceptors (Lipinski definition) is 2. The molecule has 0 saturated carbocycles. The highest BCUT2D eigenvalue weighted by Gasteiger charge is 2.34. The molecule has 4 heteroatoms. The molecule has 0 N–H and O–H groups in total. The Labute approximate surface area is 113 Å². The van der Waals surface area contributed by atoms with Gasteiger partial charge in [-0.2, -0.15) is 0 Å². The van der Waals surface area contributed by atoms with E-state index >= 15 is 0 Å². The number of fused-ring (bicyclic) bond motifs is 1. The summed E-state index contributed by atoms with van der Waals surface area (Å²) in [6.45, 7) is 6.03. The predicted molar refractivity (Wildman–Crippen MR) is 70.8 cm³/mol. The van der Waals surface area contributed by atoms with Crippen molar-refractivity contribution in [2.24, 2.45) is 0 Å². The molecule has 0 spiro atoms. The van der Waals surface area contributed by atoms with Crippen molar-refractivity contribution >= 4 is 0 Å².